The Hall–Kier alpha value is -2.94. The van der Waals surface area contributed by atoms with Crippen LogP contribution in [0.25, 0.3) is 0 Å². The molecule has 9 heteroatoms. The average Bonchev–Trinajstić information content (AvgIpc) is 3.68. The van der Waals surface area contributed by atoms with Crippen LogP contribution in [0.15, 0.2) is 40.4 Å². The molecule has 0 saturated heterocycles. The smallest absolute Gasteiger partial charge is 0.232 e. The highest BCUT2D eigenvalue weighted by molar-refractivity contribution is 7.99. The van der Waals surface area contributed by atoms with Crippen LogP contribution in [0.5, 0.6) is 0 Å². The van der Waals surface area contributed by atoms with E-state index in [-0.39, 0.29) is 11.8 Å². The third-order valence-electron chi connectivity index (χ3n) is 5.24. The van der Waals surface area contributed by atoms with E-state index in [2.05, 4.69) is 42.7 Å². The quantitative estimate of drug-likeness (QED) is 0.448. The summed E-state index contributed by atoms with van der Waals surface area (Å²) in [6.45, 7) is 2.14. The number of nitrogens with zero attached hydrogens (tertiary/aromatic N) is 4. The summed E-state index contributed by atoms with van der Waals surface area (Å²) in [7, 11) is 0. The second kappa shape index (κ2) is 8.66. The molecule has 31 heavy (non-hydrogen) atoms. The Morgan fingerprint density at radius 2 is 1.94 bits per heavy atom. The molecule has 0 atom stereocenters. The Bertz CT molecular complexity index is 1070. The summed E-state index contributed by atoms with van der Waals surface area (Å²) in [5.41, 5.74) is 1.91. The van der Waals surface area contributed by atoms with E-state index in [4.69, 9.17) is 0 Å². The first-order valence-corrected chi connectivity index (χ1v) is 11.6. The molecule has 1 amide bonds. The van der Waals surface area contributed by atoms with Gasteiger partial charge in [-0.1, -0.05) is 13.3 Å². The number of H-pyrrole nitrogens is 1. The molecule has 5 rings (SSSR count). The van der Waals surface area contributed by atoms with Crippen LogP contribution in [0.1, 0.15) is 56.5 Å². The highest BCUT2D eigenvalue weighted by Gasteiger charge is 2.30. The zero-order valence-electron chi connectivity index (χ0n) is 17.4. The number of carbonyl (C=O) groups is 1. The minimum atomic E-state index is 0.114. The van der Waals surface area contributed by atoms with E-state index in [0.29, 0.717) is 22.8 Å². The molecule has 2 heterocycles. The first-order valence-electron chi connectivity index (χ1n) is 10.8. The van der Waals surface area contributed by atoms with Gasteiger partial charge in [0.1, 0.15) is 5.82 Å². The lowest BCUT2D eigenvalue weighted by molar-refractivity contribution is -0.117. The fourth-order valence-corrected chi connectivity index (χ4v) is 3.99. The Morgan fingerprint density at radius 1 is 1.13 bits per heavy atom. The van der Waals surface area contributed by atoms with Crippen molar-refractivity contribution in [2.45, 2.75) is 61.4 Å². The van der Waals surface area contributed by atoms with Crippen molar-refractivity contribution in [3.63, 3.8) is 0 Å². The molecule has 2 aliphatic rings. The molecule has 0 spiro atoms. The van der Waals surface area contributed by atoms with Crippen molar-refractivity contribution in [1.29, 1.82) is 0 Å². The summed E-state index contributed by atoms with van der Waals surface area (Å²) in [6, 6.07) is 9.79. The lowest BCUT2D eigenvalue weighted by atomic mass is 10.2. The molecule has 1 aromatic carbocycles. The minimum absolute atomic E-state index is 0.114. The van der Waals surface area contributed by atoms with Crippen LogP contribution >= 0.6 is 11.8 Å². The Labute approximate surface area is 185 Å². The van der Waals surface area contributed by atoms with Gasteiger partial charge in [-0.25, -0.2) is 4.98 Å². The van der Waals surface area contributed by atoms with Crippen LogP contribution in [0.4, 0.5) is 17.5 Å². The predicted molar refractivity (Wildman–Crippen MR) is 120 cm³/mol. The molecule has 160 valence electrons. The number of hydrogen-bond donors (Lipinski definition) is 3. The Morgan fingerprint density at radius 3 is 2.65 bits per heavy atom. The van der Waals surface area contributed by atoms with Crippen molar-refractivity contribution in [1.82, 2.24) is 25.1 Å². The summed E-state index contributed by atoms with van der Waals surface area (Å²) in [5, 5.41) is 14.2. The van der Waals surface area contributed by atoms with E-state index in [1.54, 1.807) is 0 Å². The van der Waals surface area contributed by atoms with Crippen molar-refractivity contribution < 1.29 is 4.79 Å². The summed E-state index contributed by atoms with van der Waals surface area (Å²) in [5.74, 6) is 2.78. The molecule has 8 nitrogen and oxygen atoms in total. The lowest BCUT2D eigenvalue weighted by Crippen LogP contribution is -2.12. The molecule has 0 aliphatic heterocycles. The van der Waals surface area contributed by atoms with Gasteiger partial charge in [0.2, 0.25) is 11.9 Å². The van der Waals surface area contributed by atoms with Gasteiger partial charge < -0.3 is 10.6 Å². The van der Waals surface area contributed by atoms with Gasteiger partial charge in [0.15, 0.2) is 11.0 Å². The summed E-state index contributed by atoms with van der Waals surface area (Å²) >= 11 is 1.49. The van der Waals surface area contributed by atoms with Gasteiger partial charge in [-0.2, -0.15) is 15.1 Å². The zero-order valence-corrected chi connectivity index (χ0v) is 18.2. The van der Waals surface area contributed by atoms with Gasteiger partial charge in [0, 0.05) is 34.2 Å². The minimum Gasteiger partial charge on any atom is -0.326 e. The zero-order chi connectivity index (χ0) is 21.2. The first-order chi connectivity index (χ1) is 15.2. The number of rotatable bonds is 9. The van der Waals surface area contributed by atoms with Gasteiger partial charge in [0.25, 0.3) is 0 Å². The number of aryl methyl sites for hydroxylation is 1. The molecule has 2 fully saturated rings. The Balaban J connectivity index is 1.30. The van der Waals surface area contributed by atoms with E-state index in [1.165, 1.54) is 11.8 Å². The van der Waals surface area contributed by atoms with Gasteiger partial charge >= 0.3 is 0 Å². The average molecular weight is 436 g/mol. The Kier molecular flexibility index (Phi) is 5.59. The number of anilines is 3. The largest absolute Gasteiger partial charge is 0.326 e. The normalized spacial score (nSPS) is 15.6. The SMILES string of the molecule is CCCc1cc(Nc2nc(Sc3ccc(NC(=O)C4CC4)cc3)nc(C3CC3)n2)n[nH]1. The molecule has 2 aliphatic carbocycles. The number of nitrogens with one attached hydrogen (secondary N) is 3. The van der Waals surface area contributed by atoms with Gasteiger partial charge in [-0.15, -0.1) is 0 Å². The fourth-order valence-electron chi connectivity index (χ4n) is 3.24. The van der Waals surface area contributed by atoms with E-state index < -0.39 is 0 Å². The molecular weight excluding hydrogens is 410 g/mol. The number of hydrogen-bond acceptors (Lipinski definition) is 7. The maximum absolute atomic E-state index is 11.9. The number of benzene rings is 1. The van der Waals surface area contributed by atoms with Crippen molar-refractivity contribution in [2.24, 2.45) is 5.92 Å². The molecule has 2 saturated carbocycles. The lowest BCUT2D eigenvalue weighted by Gasteiger charge is -2.08. The number of amides is 1. The van der Waals surface area contributed by atoms with Crippen molar-refractivity contribution in [3.05, 3.63) is 41.9 Å². The van der Waals surface area contributed by atoms with Crippen LogP contribution in [0, 0.1) is 5.92 Å². The molecule has 3 N–H and O–H groups in total. The third kappa shape index (κ3) is 5.22. The number of aromatic amines is 1. The maximum atomic E-state index is 11.9. The van der Waals surface area contributed by atoms with Gasteiger partial charge in [-0.3, -0.25) is 9.89 Å². The monoisotopic (exact) mass is 435 g/mol. The molecule has 0 bridgehead atoms. The van der Waals surface area contributed by atoms with E-state index in [0.717, 1.165) is 60.6 Å². The number of carbonyl (C=O) groups excluding carboxylic acids is 1. The molecule has 2 aromatic heterocycles. The van der Waals surface area contributed by atoms with Crippen LogP contribution in [0.2, 0.25) is 0 Å². The summed E-state index contributed by atoms with van der Waals surface area (Å²) < 4.78 is 0. The van der Waals surface area contributed by atoms with Crippen molar-refractivity contribution in [3.8, 4) is 0 Å². The van der Waals surface area contributed by atoms with Crippen LogP contribution in [0.3, 0.4) is 0 Å². The molecule has 3 aromatic rings. The first kappa shape index (κ1) is 20.0. The standard InChI is InChI=1S/C22H25N7OS/c1-2-3-16-12-18(29-28-16)24-21-25-19(13-4-5-13)26-22(27-21)31-17-10-8-15(9-11-17)23-20(30)14-6-7-14/h8-14H,2-7H2,1H3,(H,23,30)(H2,24,25,26,27,28,29). The van der Waals surface area contributed by atoms with E-state index in [9.17, 15) is 4.79 Å². The van der Waals surface area contributed by atoms with Crippen LogP contribution in [-0.2, 0) is 11.2 Å². The fraction of sp³-hybridized carbons (Fsp3) is 0.409. The molecular formula is C22H25N7OS. The van der Waals surface area contributed by atoms with Gasteiger partial charge in [-0.05, 0) is 68.1 Å². The highest BCUT2D eigenvalue weighted by Crippen LogP contribution is 2.39. The number of aromatic nitrogens is 5. The molecule has 0 unspecified atom stereocenters. The third-order valence-corrected chi connectivity index (χ3v) is 6.12. The maximum Gasteiger partial charge on any atom is 0.232 e. The predicted octanol–water partition coefficient (Wildman–Crippen LogP) is 4.67. The van der Waals surface area contributed by atoms with Gasteiger partial charge in [0.05, 0.1) is 0 Å². The van der Waals surface area contributed by atoms with E-state index >= 15 is 0 Å². The molecule has 0 radical (unpaired) electrons. The second-order valence-corrected chi connectivity index (χ2v) is 9.16. The van der Waals surface area contributed by atoms with Crippen LogP contribution in [-0.4, -0.2) is 31.1 Å². The second-order valence-electron chi connectivity index (χ2n) is 8.12. The topological polar surface area (TPSA) is 108 Å². The summed E-state index contributed by atoms with van der Waals surface area (Å²) in [6.07, 6.45) is 6.24. The van der Waals surface area contributed by atoms with Crippen molar-refractivity contribution >= 4 is 35.1 Å². The van der Waals surface area contributed by atoms with Crippen LogP contribution < -0.4 is 10.6 Å². The highest BCUT2D eigenvalue weighted by atomic mass is 32.2. The van der Waals surface area contributed by atoms with E-state index in [1.807, 2.05) is 30.3 Å². The summed E-state index contributed by atoms with van der Waals surface area (Å²) in [4.78, 5) is 26.8. The van der Waals surface area contributed by atoms with Crippen molar-refractivity contribution in [2.75, 3.05) is 10.6 Å².